The highest BCUT2D eigenvalue weighted by atomic mass is 15.2. The molecule has 0 N–H and O–H groups in total. The second kappa shape index (κ2) is 2.83. The van der Waals surface area contributed by atoms with E-state index >= 15 is 0 Å². The highest BCUT2D eigenvalue weighted by Gasteiger charge is 2.06. The fraction of sp³-hybridized carbons (Fsp3) is 0.400. The monoisotopic (exact) mass is 175 g/mol. The van der Waals surface area contributed by atoms with Gasteiger partial charge in [-0.25, -0.2) is 4.52 Å². The molecule has 0 amide bonds. The number of fused-ring (bicyclic) bond motifs is 1. The molecule has 68 valence electrons. The molecule has 2 rings (SSSR count). The quantitative estimate of drug-likeness (QED) is 0.664. The maximum atomic E-state index is 4.45. The van der Waals surface area contributed by atoms with E-state index in [1.807, 2.05) is 17.6 Å². The summed E-state index contributed by atoms with van der Waals surface area (Å²) < 4.78 is 1.89. The normalized spacial score (nSPS) is 11.4. The molecule has 0 aliphatic rings. The van der Waals surface area contributed by atoms with Crippen molar-refractivity contribution in [2.45, 2.75) is 26.7 Å². The molecule has 0 radical (unpaired) electrons. The number of aromatic nitrogens is 3. The van der Waals surface area contributed by atoms with Crippen LogP contribution in [0.4, 0.5) is 0 Å². The minimum atomic E-state index is 0.472. The summed E-state index contributed by atoms with van der Waals surface area (Å²) in [6.07, 6.45) is 3.66. The Labute approximate surface area is 77.4 Å². The number of hydrogen-bond donors (Lipinski definition) is 0. The van der Waals surface area contributed by atoms with Gasteiger partial charge in [0.1, 0.15) is 0 Å². The zero-order valence-electron chi connectivity index (χ0n) is 8.15. The molecule has 0 unspecified atom stereocenters. The number of nitrogens with zero attached hydrogens (tertiary/aromatic N) is 3. The van der Waals surface area contributed by atoms with Crippen molar-refractivity contribution in [1.82, 2.24) is 14.6 Å². The van der Waals surface area contributed by atoms with E-state index in [2.05, 4.69) is 30.0 Å². The third-order valence-corrected chi connectivity index (χ3v) is 2.19. The average molecular weight is 175 g/mol. The van der Waals surface area contributed by atoms with Crippen LogP contribution in [0.5, 0.6) is 0 Å². The predicted molar refractivity (Wildman–Crippen MR) is 51.8 cm³/mol. The molecular formula is C10H13N3. The molecule has 0 aromatic carbocycles. The molecule has 13 heavy (non-hydrogen) atoms. The minimum Gasteiger partial charge on any atom is -0.258 e. The highest BCUT2D eigenvalue weighted by molar-refractivity contribution is 5.51. The van der Waals surface area contributed by atoms with E-state index in [9.17, 15) is 0 Å². The van der Waals surface area contributed by atoms with Crippen LogP contribution in [0.1, 0.15) is 31.2 Å². The average Bonchev–Trinajstić information content (AvgIpc) is 2.49. The molecule has 2 heterocycles. The van der Waals surface area contributed by atoms with E-state index in [0.717, 1.165) is 16.9 Å². The standard InChI is InChI=1S/C10H13N3/c1-7(2)9-6-10-8(3)11-4-5-13(10)12-9/h4-7H,1-3H3. The van der Waals surface area contributed by atoms with E-state index in [1.54, 1.807) is 6.20 Å². The highest BCUT2D eigenvalue weighted by Crippen LogP contribution is 2.16. The molecule has 3 heteroatoms. The van der Waals surface area contributed by atoms with Gasteiger partial charge in [-0.05, 0) is 18.9 Å². The van der Waals surface area contributed by atoms with Gasteiger partial charge in [0.2, 0.25) is 0 Å². The lowest BCUT2D eigenvalue weighted by atomic mass is 10.1. The molecule has 0 spiro atoms. The Balaban J connectivity index is 2.68. The number of aryl methyl sites for hydroxylation is 1. The molecule has 0 saturated carbocycles. The first kappa shape index (κ1) is 8.23. The van der Waals surface area contributed by atoms with E-state index in [4.69, 9.17) is 0 Å². The van der Waals surface area contributed by atoms with Crippen LogP contribution in [0.15, 0.2) is 18.5 Å². The van der Waals surface area contributed by atoms with E-state index in [0.29, 0.717) is 5.92 Å². The molecule has 0 atom stereocenters. The molecular weight excluding hydrogens is 162 g/mol. The summed E-state index contributed by atoms with van der Waals surface area (Å²) in [4.78, 5) is 4.22. The van der Waals surface area contributed by atoms with E-state index in [-0.39, 0.29) is 0 Å². The van der Waals surface area contributed by atoms with Gasteiger partial charge in [0.15, 0.2) is 0 Å². The Kier molecular flexibility index (Phi) is 1.79. The van der Waals surface area contributed by atoms with Crippen molar-refractivity contribution in [3.8, 4) is 0 Å². The van der Waals surface area contributed by atoms with Crippen molar-refractivity contribution in [3.05, 3.63) is 29.8 Å². The van der Waals surface area contributed by atoms with Gasteiger partial charge >= 0.3 is 0 Å². The number of hydrogen-bond acceptors (Lipinski definition) is 2. The van der Waals surface area contributed by atoms with E-state index < -0.39 is 0 Å². The summed E-state index contributed by atoms with van der Waals surface area (Å²) in [5.74, 6) is 0.472. The van der Waals surface area contributed by atoms with Crippen molar-refractivity contribution >= 4 is 5.52 Å². The lowest BCUT2D eigenvalue weighted by Crippen LogP contribution is -1.92. The first-order valence-electron chi connectivity index (χ1n) is 4.49. The Hall–Kier alpha value is -1.38. The minimum absolute atomic E-state index is 0.472. The van der Waals surface area contributed by atoms with Gasteiger partial charge in [0, 0.05) is 12.4 Å². The molecule has 0 aliphatic heterocycles. The van der Waals surface area contributed by atoms with Crippen LogP contribution < -0.4 is 0 Å². The van der Waals surface area contributed by atoms with Crippen LogP contribution in [-0.4, -0.2) is 14.6 Å². The molecule has 2 aromatic rings. The van der Waals surface area contributed by atoms with Gasteiger partial charge in [-0.2, -0.15) is 5.10 Å². The molecule has 3 nitrogen and oxygen atoms in total. The van der Waals surface area contributed by atoms with Crippen LogP contribution in [0.3, 0.4) is 0 Å². The van der Waals surface area contributed by atoms with Crippen molar-refractivity contribution in [2.75, 3.05) is 0 Å². The maximum Gasteiger partial charge on any atom is 0.0877 e. The second-order valence-electron chi connectivity index (χ2n) is 3.57. The molecule has 0 fully saturated rings. The Morgan fingerprint density at radius 1 is 1.38 bits per heavy atom. The van der Waals surface area contributed by atoms with Crippen molar-refractivity contribution < 1.29 is 0 Å². The summed E-state index contributed by atoms with van der Waals surface area (Å²) in [6, 6.07) is 2.10. The summed E-state index contributed by atoms with van der Waals surface area (Å²) >= 11 is 0. The Bertz CT molecular complexity index is 429. The molecule has 0 aliphatic carbocycles. The van der Waals surface area contributed by atoms with Crippen LogP contribution >= 0.6 is 0 Å². The van der Waals surface area contributed by atoms with Crippen LogP contribution in [0.2, 0.25) is 0 Å². The van der Waals surface area contributed by atoms with Crippen LogP contribution in [0, 0.1) is 6.92 Å². The lowest BCUT2D eigenvalue weighted by molar-refractivity contribution is 0.786. The zero-order valence-corrected chi connectivity index (χ0v) is 8.15. The summed E-state index contributed by atoms with van der Waals surface area (Å²) in [6.45, 7) is 6.29. The van der Waals surface area contributed by atoms with Crippen LogP contribution in [0.25, 0.3) is 5.52 Å². The van der Waals surface area contributed by atoms with Gasteiger partial charge in [-0.3, -0.25) is 4.98 Å². The van der Waals surface area contributed by atoms with Gasteiger partial charge in [0.25, 0.3) is 0 Å². The molecule has 0 bridgehead atoms. The summed E-state index contributed by atoms with van der Waals surface area (Å²) in [7, 11) is 0. The summed E-state index contributed by atoms with van der Waals surface area (Å²) in [5, 5.41) is 4.45. The molecule has 2 aromatic heterocycles. The fourth-order valence-electron chi connectivity index (χ4n) is 1.35. The fourth-order valence-corrected chi connectivity index (χ4v) is 1.35. The SMILES string of the molecule is Cc1nccn2nc(C(C)C)cc12. The van der Waals surface area contributed by atoms with Crippen molar-refractivity contribution in [1.29, 1.82) is 0 Å². The first-order valence-corrected chi connectivity index (χ1v) is 4.49. The maximum absolute atomic E-state index is 4.45. The van der Waals surface area contributed by atoms with Gasteiger partial charge < -0.3 is 0 Å². The van der Waals surface area contributed by atoms with Gasteiger partial charge in [0.05, 0.1) is 16.9 Å². The Morgan fingerprint density at radius 2 is 2.15 bits per heavy atom. The number of rotatable bonds is 1. The zero-order chi connectivity index (χ0) is 9.42. The largest absolute Gasteiger partial charge is 0.258 e. The predicted octanol–water partition coefficient (Wildman–Crippen LogP) is 2.16. The second-order valence-corrected chi connectivity index (χ2v) is 3.57. The van der Waals surface area contributed by atoms with Crippen LogP contribution in [-0.2, 0) is 0 Å². The van der Waals surface area contributed by atoms with Crippen molar-refractivity contribution in [3.63, 3.8) is 0 Å². The third-order valence-electron chi connectivity index (χ3n) is 2.19. The smallest absolute Gasteiger partial charge is 0.0877 e. The first-order chi connectivity index (χ1) is 6.18. The third kappa shape index (κ3) is 1.30. The Morgan fingerprint density at radius 3 is 2.77 bits per heavy atom. The topological polar surface area (TPSA) is 30.2 Å². The van der Waals surface area contributed by atoms with Gasteiger partial charge in [-0.15, -0.1) is 0 Å². The lowest BCUT2D eigenvalue weighted by Gasteiger charge is -1.95. The molecule has 0 saturated heterocycles. The van der Waals surface area contributed by atoms with Gasteiger partial charge in [-0.1, -0.05) is 13.8 Å². The van der Waals surface area contributed by atoms with Crippen molar-refractivity contribution in [2.24, 2.45) is 0 Å². The van der Waals surface area contributed by atoms with E-state index in [1.165, 1.54) is 0 Å². The summed E-state index contributed by atoms with van der Waals surface area (Å²) in [5.41, 5.74) is 3.25.